The van der Waals surface area contributed by atoms with Crippen LogP contribution in [0, 0.1) is 0 Å². The molecular weight excluding hydrogens is 246 g/mol. The van der Waals surface area contributed by atoms with Gasteiger partial charge in [-0.1, -0.05) is 48.0 Å². The molecule has 1 N–H and O–H groups in total. The zero-order valence-corrected chi connectivity index (χ0v) is 10.4. The van der Waals surface area contributed by atoms with E-state index in [1.54, 1.807) is 0 Å². The molecule has 2 aromatic rings. The van der Waals surface area contributed by atoms with Crippen molar-refractivity contribution < 1.29 is 4.79 Å². The predicted molar refractivity (Wildman–Crippen MR) is 71.6 cm³/mol. The van der Waals surface area contributed by atoms with Crippen LogP contribution in [-0.4, -0.2) is 5.91 Å². The Morgan fingerprint density at radius 3 is 2.67 bits per heavy atom. The molecule has 3 heteroatoms. The van der Waals surface area contributed by atoms with E-state index in [9.17, 15) is 4.79 Å². The molecule has 2 nitrogen and oxygen atoms in total. The van der Waals surface area contributed by atoms with E-state index in [1.165, 1.54) is 0 Å². The molecule has 1 amide bonds. The van der Waals surface area contributed by atoms with Crippen molar-refractivity contribution in [2.24, 2.45) is 0 Å². The predicted octanol–water partition coefficient (Wildman–Crippen LogP) is 3.10. The highest BCUT2D eigenvalue weighted by Crippen LogP contribution is 2.30. The molecule has 1 aliphatic rings. The first-order valence-electron chi connectivity index (χ1n) is 5.86. The van der Waals surface area contributed by atoms with E-state index in [2.05, 4.69) is 5.32 Å². The molecule has 0 radical (unpaired) electrons. The maximum absolute atomic E-state index is 11.8. The summed E-state index contributed by atoms with van der Waals surface area (Å²) in [6, 6.07) is 15.6. The van der Waals surface area contributed by atoms with Gasteiger partial charge >= 0.3 is 0 Å². The zero-order valence-electron chi connectivity index (χ0n) is 9.69. The Labute approximate surface area is 111 Å². The minimum absolute atomic E-state index is 0.0404. The van der Waals surface area contributed by atoms with Crippen molar-refractivity contribution in [3.63, 3.8) is 0 Å². The van der Waals surface area contributed by atoms with Gasteiger partial charge in [0.05, 0.1) is 12.5 Å². The molecule has 18 heavy (non-hydrogen) atoms. The number of hydrogen-bond donors (Lipinski definition) is 1. The van der Waals surface area contributed by atoms with Crippen LogP contribution >= 0.6 is 11.6 Å². The summed E-state index contributed by atoms with van der Waals surface area (Å²) in [5.41, 5.74) is 3.24. The number of carbonyl (C=O) groups is 1. The van der Waals surface area contributed by atoms with E-state index in [1.807, 2.05) is 48.5 Å². The Bertz CT molecular complexity index is 595. The lowest BCUT2D eigenvalue weighted by atomic mass is 9.90. The molecule has 1 unspecified atom stereocenters. The maximum atomic E-state index is 11.8. The lowest BCUT2D eigenvalue weighted by Gasteiger charge is -2.27. The second kappa shape index (κ2) is 4.46. The Hall–Kier alpha value is -1.80. The number of nitrogens with one attached hydrogen (secondary N) is 1. The monoisotopic (exact) mass is 257 g/mol. The lowest BCUT2D eigenvalue weighted by Crippen LogP contribution is -2.35. The highest BCUT2D eigenvalue weighted by atomic mass is 35.5. The molecule has 2 aromatic carbocycles. The number of fused-ring (bicyclic) bond motifs is 1. The highest BCUT2D eigenvalue weighted by molar-refractivity contribution is 6.30. The largest absolute Gasteiger partial charge is 0.345 e. The Morgan fingerprint density at radius 2 is 1.89 bits per heavy atom. The van der Waals surface area contributed by atoms with E-state index < -0.39 is 0 Å². The van der Waals surface area contributed by atoms with Gasteiger partial charge in [0.2, 0.25) is 5.91 Å². The van der Waals surface area contributed by atoms with Gasteiger partial charge in [0, 0.05) is 5.02 Å². The number of halogens is 1. The van der Waals surface area contributed by atoms with Crippen LogP contribution in [0.1, 0.15) is 22.7 Å². The van der Waals surface area contributed by atoms with Gasteiger partial charge in [-0.3, -0.25) is 4.79 Å². The average molecular weight is 258 g/mol. The van der Waals surface area contributed by atoms with Crippen molar-refractivity contribution in [2.45, 2.75) is 12.5 Å². The third-order valence-corrected chi connectivity index (χ3v) is 3.44. The van der Waals surface area contributed by atoms with Crippen molar-refractivity contribution >= 4 is 17.5 Å². The van der Waals surface area contributed by atoms with Crippen LogP contribution in [0.4, 0.5) is 0 Å². The van der Waals surface area contributed by atoms with Gasteiger partial charge in [0.1, 0.15) is 0 Å². The van der Waals surface area contributed by atoms with Gasteiger partial charge in [-0.25, -0.2) is 0 Å². The smallest absolute Gasteiger partial charge is 0.225 e. The molecule has 1 atom stereocenters. The lowest BCUT2D eigenvalue weighted by molar-refractivity contribution is -0.121. The number of rotatable bonds is 1. The summed E-state index contributed by atoms with van der Waals surface area (Å²) in [4.78, 5) is 11.8. The second-order valence-corrected chi connectivity index (χ2v) is 4.87. The molecule has 0 spiro atoms. The van der Waals surface area contributed by atoms with E-state index in [0.29, 0.717) is 11.4 Å². The van der Waals surface area contributed by atoms with Crippen LogP contribution < -0.4 is 5.32 Å². The van der Waals surface area contributed by atoms with Gasteiger partial charge in [-0.05, 0) is 28.8 Å². The normalized spacial score (nSPS) is 18.1. The van der Waals surface area contributed by atoms with Crippen LogP contribution in [-0.2, 0) is 11.2 Å². The maximum Gasteiger partial charge on any atom is 0.225 e. The molecule has 0 bridgehead atoms. The van der Waals surface area contributed by atoms with Crippen molar-refractivity contribution in [3.8, 4) is 0 Å². The van der Waals surface area contributed by atoms with Crippen LogP contribution in [0.15, 0.2) is 48.5 Å². The van der Waals surface area contributed by atoms with Crippen molar-refractivity contribution in [2.75, 3.05) is 0 Å². The van der Waals surface area contributed by atoms with Crippen LogP contribution in [0.3, 0.4) is 0 Å². The van der Waals surface area contributed by atoms with E-state index in [0.717, 1.165) is 16.7 Å². The highest BCUT2D eigenvalue weighted by Gasteiger charge is 2.25. The molecule has 3 rings (SSSR count). The molecule has 0 saturated heterocycles. The summed E-state index contributed by atoms with van der Waals surface area (Å²) in [5, 5.41) is 3.70. The summed E-state index contributed by atoms with van der Waals surface area (Å²) in [6.07, 6.45) is 0.402. The molecule has 0 aliphatic carbocycles. The topological polar surface area (TPSA) is 29.1 Å². The Kier molecular flexibility index (Phi) is 2.80. The Balaban J connectivity index is 2.10. The summed E-state index contributed by atoms with van der Waals surface area (Å²) in [7, 11) is 0. The van der Waals surface area contributed by atoms with Crippen molar-refractivity contribution in [1.82, 2.24) is 5.32 Å². The summed E-state index contributed by atoms with van der Waals surface area (Å²) < 4.78 is 0. The summed E-state index contributed by atoms with van der Waals surface area (Å²) >= 11 is 5.99. The zero-order chi connectivity index (χ0) is 12.5. The molecule has 90 valence electrons. The van der Waals surface area contributed by atoms with Gasteiger partial charge < -0.3 is 5.32 Å². The standard InChI is InChI=1S/C15H12ClNO/c16-12-6-7-13-11(8-12)9-14(18)17-15(13)10-4-2-1-3-5-10/h1-8,15H,9H2,(H,17,18). The number of benzene rings is 2. The molecule has 0 aromatic heterocycles. The van der Waals surface area contributed by atoms with Gasteiger partial charge in [-0.2, -0.15) is 0 Å². The first-order chi connectivity index (χ1) is 8.74. The Morgan fingerprint density at radius 1 is 1.11 bits per heavy atom. The van der Waals surface area contributed by atoms with Crippen molar-refractivity contribution in [1.29, 1.82) is 0 Å². The van der Waals surface area contributed by atoms with Gasteiger partial charge in [0.25, 0.3) is 0 Å². The molecule has 1 heterocycles. The number of amides is 1. The third-order valence-electron chi connectivity index (χ3n) is 3.21. The van der Waals surface area contributed by atoms with E-state index in [-0.39, 0.29) is 11.9 Å². The fraction of sp³-hybridized carbons (Fsp3) is 0.133. The van der Waals surface area contributed by atoms with Crippen LogP contribution in [0.5, 0.6) is 0 Å². The first kappa shape index (κ1) is 11.3. The SMILES string of the molecule is O=C1Cc2cc(Cl)ccc2C(c2ccccc2)N1. The van der Waals surface area contributed by atoms with Crippen LogP contribution in [0.25, 0.3) is 0 Å². The van der Waals surface area contributed by atoms with E-state index in [4.69, 9.17) is 11.6 Å². The number of hydrogen-bond acceptors (Lipinski definition) is 1. The second-order valence-electron chi connectivity index (χ2n) is 4.43. The van der Waals surface area contributed by atoms with Crippen LogP contribution in [0.2, 0.25) is 5.02 Å². The summed E-state index contributed by atoms with van der Waals surface area (Å²) in [5.74, 6) is 0.0404. The van der Waals surface area contributed by atoms with Gasteiger partial charge in [0.15, 0.2) is 0 Å². The molecule has 0 fully saturated rings. The quantitative estimate of drug-likeness (QED) is 0.836. The van der Waals surface area contributed by atoms with Crippen molar-refractivity contribution in [3.05, 3.63) is 70.2 Å². The molecule has 0 saturated carbocycles. The molecular formula is C15H12ClNO. The van der Waals surface area contributed by atoms with E-state index >= 15 is 0 Å². The minimum Gasteiger partial charge on any atom is -0.345 e. The summed E-state index contributed by atoms with van der Waals surface area (Å²) in [6.45, 7) is 0. The minimum atomic E-state index is -0.0697. The molecule has 1 aliphatic heterocycles. The van der Waals surface area contributed by atoms with Gasteiger partial charge in [-0.15, -0.1) is 0 Å². The fourth-order valence-corrected chi connectivity index (χ4v) is 2.57. The third kappa shape index (κ3) is 2.00. The average Bonchev–Trinajstić information content (AvgIpc) is 2.38. The first-order valence-corrected chi connectivity index (χ1v) is 6.24. The fourth-order valence-electron chi connectivity index (χ4n) is 2.38. The number of carbonyl (C=O) groups excluding carboxylic acids is 1.